The van der Waals surface area contributed by atoms with Crippen LogP contribution in [0, 0.1) is 13.8 Å². The zero-order valence-electron chi connectivity index (χ0n) is 14.6. The molecule has 0 aliphatic carbocycles. The van der Waals surface area contributed by atoms with Crippen molar-refractivity contribution in [2.75, 3.05) is 0 Å². The van der Waals surface area contributed by atoms with E-state index in [0.29, 0.717) is 11.6 Å². The molecule has 4 heterocycles. The molecule has 0 aliphatic heterocycles. The van der Waals surface area contributed by atoms with E-state index in [9.17, 15) is 0 Å². The number of aromatic amines is 1. The molecule has 0 unspecified atom stereocenters. The summed E-state index contributed by atoms with van der Waals surface area (Å²) in [6.07, 6.45) is 3.47. The highest BCUT2D eigenvalue weighted by atomic mass is 15.4. The summed E-state index contributed by atoms with van der Waals surface area (Å²) in [5, 5.41) is 20.6. The molecule has 9 nitrogen and oxygen atoms in total. The second-order valence-electron chi connectivity index (χ2n) is 5.88. The lowest BCUT2D eigenvalue weighted by atomic mass is 10.2. The van der Waals surface area contributed by atoms with Gasteiger partial charge in [-0.25, -0.2) is 4.98 Å². The maximum atomic E-state index is 4.74. The van der Waals surface area contributed by atoms with E-state index in [0.717, 1.165) is 35.0 Å². The second-order valence-corrected chi connectivity index (χ2v) is 5.88. The first-order valence-corrected chi connectivity index (χ1v) is 8.09. The molecule has 0 spiro atoms. The fraction of sp³-hybridized carbons (Fsp3) is 0.312. The van der Waals surface area contributed by atoms with Crippen molar-refractivity contribution < 1.29 is 0 Å². The van der Waals surface area contributed by atoms with E-state index in [1.165, 1.54) is 0 Å². The number of aromatic nitrogens is 9. The molecule has 4 aromatic heterocycles. The van der Waals surface area contributed by atoms with E-state index < -0.39 is 0 Å². The smallest absolute Gasteiger partial charge is 0.185 e. The van der Waals surface area contributed by atoms with Gasteiger partial charge in [-0.05, 0) is 26.8 Å². The van der Waals surface area contributed by atoms with E-state index in [-0.39, 0.29) is 0 Å². The van der Waals surface area contributed by atoms with Crippen LogP contribution < -0.4 is 0 Å². The third kappa shape index (κ3) is 2.44. The molecule has 0 saturated carbocycles. The molecule has 128 valence electrons. The maximum absolute atomic E-state index is 4.74. The van der Waals surface area contributed by atoms with Crippen molar-refractivity contribution in [2.45, 2.75) is 27.3 Å². The Morgan fingerprint density at radius 2 is 2.04 bits per heavy atom. The van der Waals surface area contributed by atoms with Gasteiger partial charge in [0.05, 0.1) is 18.0 Å². The summed E-state index contributed by atoms with van der Waals surface area (Å²) in [5.41, 5.74) is 3.65. The van der Waals surface area contributed by atoms with Gasteiger partial charge in [-0.2, -0.15) is 20.0 Å². The molecule has 0 radical (unpaired) electrons. The number of nitrogens with one attached hydrogen (secondary N) is 1. The van der Waals surface area contributed by atoms with E-state index in [1.54, 1.807) is 21.8 Å². The van der Waals surface area contributed by atoms with E-state index in [4.69, 9.17) is 10.1 Å². The molecule has 0 amide bonds. The van der Waals surface area contributed by atoms with Crippen LogP contribution in [0.1, 0.15) is 18.3 Å². The monoisotopic (exact) mass is 337 g/mol. The van der Waals surface area contributed by atoms with Crippen molar-refractivity contribution in [3.05, 3.63) is 35.9 Å². The first-order valence-electron chi connectivity index (χ1n) is 8.09. The molecular formula is C16H19N9. The van der Waals surface area contributed by atoms with Crippen LogP contribution in [0.2, 0.25) is 0 Å². The van der Waals surface area contributed by atoms with Crippen molar-refractivity contribution in [1.29, 1.82) is 0 Å². The summed E-state index contributed by atoms with van der Waals surface area (Å²) >= 11 is 0. The fourth-order valence-electron chi connectivity index (χ4n) is 2.84. The van der Waals surface area contributed by atoms with E-state index >= 15 is 0 Å². The third-order valence-corrected chi connectivity index (χ3v) is 4.20. The lowest BCUT2D eigenvalue weighted by molar-refractivity contribution is 0.639. The number of rotatable bonds is 4. The summed E-state index contributed by atoms with van der Waals surface area (Å²) in [7, 11) is 1.87. The minimum atomic E-state index is 0.603. The van der Waals surface area contributed by atoms with E-state index in [2.05, 4.69) is 27.3 Å². The minimum absolute atomic E-state index is 0.603. The van der Waals surface area contributed by atoms with Gasteiger partial charge in [0.1, 0.15) is 5.69 Å². The van der Waals surface area contributed by atoms with Crippen LogP contribution in [0.4, 0.5) is 0 Å². The molecule has 4 aromatic rings. The van der Waals surface area contributed by atoms with Gasteiger partial charge in [0, 0.05) is 31.0 Å². The molecule has 0 atom stereocenters. The molecule has 0 bridgehead atoms. The van der Waals surface area contributed by atoms with Gasteiger partial charge in [-0.1, -0.05) is 0 Å². The SMILES string of the molecule is CCn1nc(-c2nc(-c3cn[nH]c3C)nn2-c2ccnn2C)cc1C. The molecule has 4 rings (SSSR count). The first-order chi connectivity index (χ1) is 12.1. The van der Waals surface area contributed by atoms with Crippen LogP contribution >= 0.6 is 0 Å². The fourth-order valence-corrected chi connectivity index (χ4v) is 2.84. The molecular weight excluding hydrogens is 318 g/mol. The normalized spacial score (nSPS) is 11.4. The van der Waals surface area contributed by atoms with Gasteiger partial charge in [-0.15, -0.1) is 5.10 Å². The maximum Gasteiger partial charge on any atom is 0.185 e. The zero-order valence-corrected chi connectivity index (χ0v) is 14.6. The van der Waals surface area contributed by atoms with Crippen LogP contribution in [-0.2, 0) is 13.6 Å². The van der Waals surface area contributed by atoms with Crippen molar-refractivity contribution in [3.8, 4) is 28.7 Å². The Kier molecular flexibility index (Phi) is 3.48. The topological polar surface area (TPSA) is 95.0 Å². The summed E-state index contributed by atoms with van der Waals surface area (Å²) in [6.45, 7) is 6.85. The molecule has 0 fully saturated rings. The van der Waals surface area contributed by atoms with Crippen molar-refractivity contribution in [1.82, 2.24) is 44.5 Å². The lowest BCUT2D eigenvalue weighted by Gasteiger charge is -2.03. The predicted octanol–water partition coefficient (Wildman–Crippen LogP) is 1.89. The highest BCUT2D eigenvalue weighted by Gasteiger charge is 2.21. The van der Waals surface area contributed by atoms with Crippen LogP contribution in [0.15, 0.2) is 24.5 Å². The average Bonchev–Trinajstić information content (AvgIpc) is 3.33. The van der Waals surface area contributed by atoms with Gasteiger partial charge in [0.2, 0.25) is 0 Å². The number of nitrogens with zero attached hydrogens (tertiary/aromatic N) is 8. The lowest BCUT2D eigenvalue weighted by Crippen LogP contribution is -2.07. The van der Waals surface area contributed by atoms with Crippen molar-refractivity contribution >= 4 is 0 Å². The molecule has 9 heteroatoms. The van der Waals surface area contributed by atoms with Gasteiger partial charge >= 0.3 is 0 Å². The predicted molar refractivity (Wildman–Crippen MR) is 92.1 cm³/mol. The van der Waals surface area contributed by atoms with Gasteiger partial charge < -0.3 is 0 Å². The summed E-state index contributed by atoms with van der Waals surface area (Å²) < 4.78 is 5.48. The third-order valence-electron chi connectivity index (χ3n) is 4.20. The quantitative estimate of drug-likeness (QED) is 0.613. The standard InChI is InChI=1S/C16H19N9/c1-5-24-10(2)8-13(21-24)16-19-15(12-9-17-20-11(12)3)22-25(16)14-6-7-18-23(14)4/h6-9H,5H2,1-4H3,(H,17,20). The second kappa shape index (κ2) is 5.69. The van der Waals surface area contributed by atoms with Crippen molar-refractivity contribution in [2.24, 2.45) is 7.05 Å². The minimum Gasteiger partial charge on any atom is -0.282 e. The van der Waals surface area contributed by atoms with Gasteiger partial charge in [0.15, 0.2) is 17.5 Å². The van der Waals surface area contributed by atoms with Crippen LogP contribution in [0.5, 0.6) is 0 Å². The van der Waals surface area contributed by atoms with E-state index in [1.807, 2.05) is 37.7 Å². The average molecular weight is 337 g/mol. The Balaban J connectivity index is 1.93. The highest BCUT2D eigenvalue weighted by molar-refractivity contribution is 5.62. The number of H-pyrrole nitrogens is 1. The molecule has 0 saturated heterocycles. The number of hydrogen-bond acceptors (Lipinski definition) is 5. The Bertz CT molecular complexity index is 1030. The Hall–Kier alpha value is -3.23. The summed E-state index contributed by atoms with van der Waals surface area (Å²) in [5.74, 6) is 2.10. The van der Waals surface area contributed by atoms with Gasteiger partial charge in [-0.3, -0.25) is 14.5 Å². The number of aryl methyl sites for hydroxylation is 4. The number of hydrogen-bond donors (Lipinski definition) is 1. The molecule has 0 aliphatic rings. The Labute approximate surface area is 144 Å². The zero-order chi connectivity index (χ0) is 17.6. The summed E-state index contributed by atoms with van der Waals surface area (Å²) in [6, 6.07) is 3.92. The summed E-state index contributed by atoms with van der Waals surface area (Å²) in [4.78, 5) is 4.74. The highest BCUT2D eigenvalue weighted by Crippen LogP contribution is 2.25. The van der Waals surface area contributed by atoms with Crippen LogP contribution in [0.3, 0.4) is 0 Å². The first kappa shape index (κ1) is 15.3. The molecule has 25 heavy (non-hydrogen) atoms. The van der Waals surface area contributed by atoms with Crippen LogP contribution in [-0.4, -0.2) is 44.5 Å². The van der Waals surface area contributed by atoms with Crippen molar-refractivity contribution in [3.63, 3.8) is 0 Å². The largest absolute Gasteiger partial charge is 0.282 e. The Morgan fingerprint density at radius 3 is 2.64 bits per heavy atom. The Morgan fingerprint density at radius 1 is 1.20 bits per heavy atom. The molecule has 0 aromatic carbocycles. The molecule has 1 N–H and O–H groups in total. The van der Waals surface area contributed by atoms with Gasteiger partial charge in [0.25, 0.3) is 0 Å². The van der Waals surface area contributed by atoms with Crippen LogP contribution in [0.25, 0.3) is 28.7 Å².